The molecule has 0 radical (unpaired) electrons. The average molecular weight is 289 g/mol. The van der Waals surface area contributed by atoms with E-state index >= 15 is 0 Å². The Balaban J connectivity index is 1.47. The molecule has 0 saturated heterocycles. The van der Waals surface area contributed by atoms with Crippen LogP contribution in [0.2, 0.25) is 0 Å². The molecule has 4 atom stereocenters. The van der Waals surface area contributed by atoms with Gasteiger partial charge in [-0.15, -0.1) is 0 Å². The third kappa shape index (κ3) is 3.14. The summed E-state index contributed by atoms with van der Waals surface area (Å²) in [4.78, 5) is 12.2. The quantitative estimate of drug-likeness (QED) is 0.906. The maximum absolute atomic E-state index is 12.2. The van der Waals surface area contributed by atoms with E-state index in [1.165, 1.54) is 25.7 Å². The molecule has 2 bridgehead atoms. The van der Waals surface area contributed by atoms with Gasteiger partial charge in [0.15, 0.2) is 0 Å². The highest BCUT2D eigenvalue weighted by atomic mass is 16.1. The molecule has 0 unspecified atom stereocenters. The molecule has 1 aromatic heterocycles. The first-order valence-corrected chi connectivity index (χ1v) is 8.33. The Morgan fingerprint density at radius 1 is 1.43 bits per heavy atom. The van der Waals surface area contributed by atoms with Crippen molar-refractivity contribution in [3.8, 4) is 0 Å². The van der Waals surface area contributed by atoms with E-state index < -0.39 is 0 Å². The van der Waals surface area contributed by atoms with Gasteiger partial charge in [0, 0.05) is 24.7 Å². The SMILES string of the molecule is Cc1cc(C)n(CCC(=O)N[C@H](C)[C@@H]2C[C@@H]3CC[C@@H]2C3)n1. The monoisotopic (exact) mass is 289 g/mol. The van der Waals surface area contributed by atoms with Crippen LogP contribution in [-0.4, -0.2) is 21.7 Å². The first-order valence-electron chi connectivity index (χ1n) is 8.33. The van der Waals surface area contributed by atoms with Crippen molar-refractivity contribution in [2.24, 2.45) is 17.8 Å². The van der Waals surface area contributed by atoms with Crippen LogP contribution in [0.4, 0.5) is 0 Å². The first kappa shape index (κ1) is 14.6. The number of aryl methyl sites for hydroxylation is 3. The zero-order valence-electron chi connectivity index (χ0n) is 13.4. The molecular weight excluding hydrogens is 262 g/mol. The molecule has 0 aromatic carbocycles. The lowest BCUT2D eigenvalue weighted by atomic mass is 9.84. The van der Waals surface area contributed by atoms with Gasteiger partial charge in [-0.25, -0.2) is 0 Å². The Morgan fingerprint density at radius 2 is 2.24 bits per heavy atom. The minimum Gasteiger partial charge on any atom is -0.353 e. The number of nitrogens with zero attached hydrogens (tertiary/aromatic N) is 2. The smallest absolute Gasteiger partial charge is 0.222 e. The average Bonchev–Trinajstić information content (AvgIpc) is 3.12. The first-order chi connectivity index (χ1) is 10.0. The predicted molar refractivity (Wildman–Crippen MR) is 82.9 cm³/mol. The molecule has 2 saturated carbocycles. The van der Waals surface area contributed by atoms with Crippen molar-refractivity contribution in [1.82, 2.24) is 15.1 Å². The summed E-state index contributed by atoms with van der Waals surface area (Å²) < 4.78 is 1.93. The van der Waals surface area contributed by atoms with Crippen LogP contribution < -0.4 is 5.32 Å². The zero-order chi connectivity index (χ0) is 15.0. The minimum absolute atomic E-state index is 0.165. The Morgan fingerprint density at radius 3 is 2.81 bits per heavy atom. The highest BCUT2D eigenvalue weighted by molar-refractivity contribution is 5.76. The fourth-order valence-electron chi connectivity index (χ4n) is 4.45. The molecule has 2 fully saturated rings. The third-order valence-electron chi connectivity index (χ3n) is 5.48. The van der Waals surface area contributed by atoms with Gasteiger partial charge in [0.1, 0.15) is 0 Å². The molecule has 4 nitrogen and oxygen atoms in total. The van der Waals surface area contributed by atoms with Crippen molar-refractivity contribution in [2.45, 2.75) is 65.5 Å². The van der Waals surface area contributed by atoms with E-state index in [1.54, 1.807) is 0 Å². The van der Waals surface area contributed by atoms with E-state index in [4.69, 9.17) is 0 Å². The lowest BCUT2D eigenvalue weighted by molar-refractivity contribution is -0.122. The number of hydrogen-bond acceptors (Lipinski definition) is 2. The van der Waals surface area contributed by atoms with Crippen molar-refractivity contribution >= 4 is 5.91 Å². The van der Waals surface area contributed by atoms with Gasteiger partial charge in [-0.1, -0.05) is 6.42 Å². The summed E-state index contributed by atoms with van der Waals surface area (Å²) in [6.07, 6.45) is 6.04. The normalized spacial score (nSPS) is 28.8. The lowest BCUT2D eigenvalue weighted by Crippen LogP contribution is -2.40. The van der Waals surface area contributed by atoms with E-state index in [9.17, 15) is 4.79 Å². The van der Waals surface area contributed by atoms with Gasteiger partial charge in [0.2, 0.25) is 5.91 Å². The number of amides is 1. The molecule has 0 spiro atoms. The van der Waals surface area contributed by atoms with Gasteiger partial charge in [0.05, 0.1) is 5.69 Å². The number of carbonyl (C=O) groups is 1. The summed E-state index contributed by atoms with van der Waals surface area (Å²) in [6, 6.07) is 2.38. The van der Waals surface area contributed by atoms with Gasteiger partial charge in [0.25, 0.3) is 0 Å². The van der Waals surface area contributed by atoms with Crippen LogP contribution in [0.15, 0.2) is 6.07 Å². The Labute approximate surface area is 127 Å². The van der Waals surface area contributed by atoms with Crippen molar-refractivity contribution < 1.29 is 4.79 Å². The number of hydrogen-bond donors (Lipinski definition) is 1. The van der Waals surface area contributed by atoms with E-state index in [1.807, 2.05) is 18.5 Å². The van der Waals surface area contributed by atoms with Crippen molar-refractivity contribution in [3.63, 3.8) is 0 Å². The second kappa shape index (κ2) is 5.82. The summed E-state index contributed by atoms with van der Waals surface area (Å²) >= 11 is 0. The number of rotatable bonds is 5. The predicted octanol–water partition coefficient (Wildman–Crippen LogP) is 2.83. The molecule has 2 aliphatic carbocycles. The molecule has 1 heterocycles. The maximum atomic E-state index is 12.2. The molecule has 0 aliphatic heterocycles. The second-order valence-corrected chi connectivity index (χ2v) is 7.10. The van der Waals surface area contributed by atoms with Crippen LogP contribution in [0.1, 0.15) is 50.4 Å². The fraction of sp³-hybridized carbons (Fsp3) is 0.765. The molecular formula is C17H27N3O. The zero-order valence-corrected chi connectivity index (χ0v) is 13.4. The summed E-state index contributed by atoms with van der Waals surface area (Å²) in [5.74, 6) is 2.68. The van der Waals surface area contributed by atoms with E-state index in [0.29, 0.717) is 24.9 Å². The maximum Gasteiger partial charge on any atom is 0.222 e. The van der Waals surface area contributed by atoms with Gasteiger partial charge in [-0.3, -0.25) is 9.48 Å². The Bertz CT molecular complexity index is 522. The Kier molecular flexibility index (Phi) is 4.05. The molecule has 1 amide bonds. The molecule has 4 heteroatoms. The van der Waals surface area contributed by atoms with Crippen LogP contribution in [0.5, 0.6) is 0 Å². The van der Waals surface area contributed by atoms with Crippen LogP contribution in [-0.2, 0) is 11.3 Å². The second-order valence-electron chi connectivity index (χ2n) is 7.10. The third-order valence-corrected chi connectivity index (χ3v) is 5.48. The summed E-state index contributed by atoms with van der Waals surface area (Å²) in [6.45, 7) is 6.89. The minimum atomic E-state index is 0.165. The van der Waals surface area contributed by atoms with Crippen LogP contribution in [0, 0.1) is 31.6 Å². The molecule has 1 aromatic rings. The summed E-state index contributed by atoms with van der Waals surface area (Å²) in [5.41, 5.74) is 2.14. The van der Waals surface area contributed by atoms with Gasteiger partial charge in [-0.2, -0.15) is 5.10 Å². The number of carbonyl (C=O) groups excluding carboxylic acids is 1. The van der Waals surface area contributed by atoms with E-state index in [2.05, 4.69) is 23.4 Å². The fourth-order valence-corrected chi connectivity index (χ4v) is 4.45. The molecule has 2 aliphatic rings. The van der Waals surface area contributed by atoms with E-state index in [0.717, 1.165) is 23.2 Å². The van der Waals surface area contributed by atoms with Crippen molar-refractivity contribution in [3.05, 3.63) is 17.5 Å². The van der Waals surface area contributed by atoms with Crippen molar-refractivity contribution in [1.29, 1.82) is 0 Å². The lowest BCUT2D eigenvalue weighted by Gasteiger charge is -2.28. The highest BCUT2D eigenvalue weighted by Crippen LogP contribution is 2.49. The summed E-state index contributed by atoms with van der Waals surface area (Å²) in [5, 5.41) is 7.63. The Hall–Kier alpha value is -1.32. The highest BCUT2D eigenvalue weighted by Gasteiger charge is 2.42. The standard InChI is InChI=1S/C17H27N3O/c1-11-8-12(2)20(19-11)7-6-17(21)18-13(3)16-10-14-4-5-15(16)9-14/h8,13-16H,4-7,9-10H2,1-3H3,(H,18,21)/t13-,14-,15-,16+/m1/s1. The number of aromatic nitrogens is 2. The number of fused-ring (bicyclic) bond motifs is 2. The summed E-state index contributed by atoms with van der Waals surface area (Å²) in [7, 11) is 0. The molecule has 21 heavy (non-hydrogen) atoms. The van der Waals surface area contributed by atoms with Crippen LogP contribution >= 0.6 is 0 Å². The van der Waals surface area contributed by atoms with Crippen LogP contribution in [0.25, 0.3) is 0 Å². The molecule has 1 N–H and O–H groups in total. The van der Waals surface area contributed by atoms with Gasteiger partial charge in [-0.05, 0) is 63.9 Å². The largest absolute Gasteiger partial charge is 0.353 e. The van der Waals surface area contributed by atoms with Gasteiger partial charge >= 0.3 is 0 Å². The molecule has 3 rings (SSSR count). The topological polar surface area (TPSA) is 46.9 Å². The van der Waals surface area contributed by atoms with Crippen molar-refractivity contribution in [2.75, 3.05) is 0 Å². The van der Waals surface area contributed by atoms with Crippen LogP contribution in [0.3, 0.4) is 0 Å². The number of nitrogens with one attached hydrogen (secondary N) is 1. The molecule has 116 valence electrons. The van der Waals surface area contributed by atoms with Gasteiger partial charge < -0.3 is 5.32 Å². The van der Waals surface area contributed by atoms with E-state index in [-0.39, 0.29) is 5.91 Å².